The highest BCUT2D eigenvalue weighted by atomic mass is 32.2. The fourth-order valence-electron chi connectivity index (χ4n) is 2.25. The lowest BCUT2D eigenvalue weighted by Crippen LogP contribution is -2.06. The van der Waals surface area contributed by atoms with Crippen molar-refractivity contribution in [1.29, 1.82) is 0 Å². The van der Waals surface area contributed by atoms with E-state index in [-0.39, 0.29) is 12.4 Å². The summed E-state index contributed by atoms with van der Waals surface area (Å²) in [5.74, 6) is 0.384. The van der Waals surface area contributed by atoms with E-state index in [2.05, 4.69) is 9.97 Å². The summed E-state index contributed by atoms with van der Waals surface area (Å²) in [6.07, 6.45) is 5.16. The summed E-state index contributed by atoms with van der Waals surface area (Å²) < 4.78 is 15.2. The molecule has 0 unspecified atom stereocenters. The van der Waals surface area contributed by atoms with E-state index in [0.717, 1.165) is 22.0 Å². The van der Waals surface area contributed by atoms with Crippen LogP contribution in [0.3, 0.4) is 0 Å². The number of hydrogen-bond donors (Lipinski definition) is 1. The lowest BCUT2D eigenvalue weighted by atomic mass is 10.2. The van der Waals surface area contributed by atoms with Gasteiger partial charge in [0, 0.05) is 18.1 Å². The molecule has 2 aromatic heterocycles. The van der Waals surface area contributed by atoms with E-state index in [1.807, 2.05) is 22.8 Å². The maximum absolute atomic E-state index is 13.2. The van der Waals surface area contributed by atoms with Crippen molar-refractivity contribution in [2.45, 2.75) is 24.1 Å². The van der Waals surface area contributed by atoms with Crippen molar-refractivity contribution >= 4 is 11.8 Å². The third kappa shape index (κ3) is 3.97. The molecule has 3 aromatic rings. The van der Waals surface area contributed by atoms with Crippen molar-refractivity contribution in [3.63, 3.8) is 0 Å². The number of imidazole rings is 1. The maximum Gasteiger partial charge on any atom is 0.168 e. The number of aliphatic hydroxyl groups excluding tert-OH is 1. The van der Waals surface area contributed by atoms with Gasteiger partial charge in [0.2, 0.25) is 0 Å². The normalized spacial score (nSPS) is 10.9. The van der Waals surface area contributed by atoms with Crippen molar-refractivity contribution in [2.75, 3.05) is 0 Å². The summed E-state index contributed by atoms with van der Waals surface area (Å²) in [7, 11) is 0. The second-order valence-electron chi connectivity index (χ2n) is 5.05. The molecule has 118 valence electrons. The Morgan fingerprint density at radius 3 is 2.70 bits per heavy atom. The Balaban J connectivity index is 1.78. The minimum atomic E-state index is -0.237. The molecule has 0 aliphatic carbocycles. The van der Waals surface area contributed by atoms with Crippen LogP contribution in [-0.4, -0.2) is 19.6 Å². The van der Waals surface area contributed by atoms with E-state index in [0.29, 0.717) is 12.3 Å². The molecule has 0 fully saturated rings. The van der Waals surface area contributed by atoms with Crippen LogP contribution in [0.25, 0.3) is 0 Å². The highest BCUT2D eigenvalue weighted by molar-refractivity contribution is 7.98. The first-order chi connectivity index (χ1) is 11.3. The monoisotopic (exact) mass is 329 g/mol. The maximum atomic E-state index is 13.2. The highest BCUT2D eigenvalue weighted by Gasteiger charge is 2.11. The Morgan fingerprint density at radius 2 is 1.96 bits per heavy atom. The van der Waals surface area contributed by atoms with Crippen LogP contribution in [0.4, 0.5) is 4.39 Å². The topological polar surface area (TPSA) is 50.9 Å². The van der Waals surface area contributed by atoms with Gasteiger partial charge in [0.1, 0.15) is 5.82 Å². The number of benzene rings is 1. The minimum Gasteiger partial charge on any atom is -0.390 e. The first-order valence-corrected chi connectivity index (χ1v) is 8.16. The third-order valence-electron chi connectivity index (χ3n) is 3.41. The van der Waals surface area contributed by atoms with E-state index in [1.165, 1.54) is 23.9 Å². The number of rotatable bonds is 6. The lowest BCUT2D eigenvalue weighted by molar-refractivity contribution is 0.270. The molecular formula is C17H16FN3OS. The van der Waals surface area contributed by atoms with Crippen LogP contribution in [0.5, 0.6) is 0 Å². The van der Waals surface area contributed by atoms with Crippen LogP contribution in [0.15, 0.2) is 60.1 Å². The Morgan fingerprint density at radius 1 is 1.13 bits per heavy atom. The van der Waals surface area contributed by atoms with Crippen LogP contribution in [0.1, 0.15) is 16.8 Å². The number of thioether (sulfide) groups is 1. The SMILES string of the molecule is OCc1cnc(SCc2cccc(F)c2)n1Cc1ccncc1. The smallest absolute Gasteiger partial charge is 0.168 e. The molecule has 0 saturated heterocycles. The average Bonchev–Trinajstić information content (AvgIpc) is 2.96. The zero-order valence-corrected chi connectivity index (χ0v) is 13.2. The standard InChI is InChI=1S/C17H16FN3OS/c18-15-3-1-2-14(8-15)12-23-17-20-9-16(11-22)21(17)10-13-4-6-19-7-5-13/h1-9,22H,10-12H2. The van der Waals surface area contributed by atoms with Gasteiger partial charge in [-0.25, -0.2) is 9.37 Å². The summed E-state index contributed by atoms with van der Waals surface area (Å²) >= 11 is 1.52. The van der Waals surface area contributed by atoms with Crippen LogP contribution in [-0.2, 0) is 18.9 Å². The fourth-order valence-corrected chi connectivity index (χ4v) is 3.19. The van der Waals surface area contributed by atoms with Gasteiger partial charge in [-0.05, 0) is 35.4 Å². The Labute approximate surface area is 138 Å². The largest absolute Gasteiger partial charge is 0.390 e. The molecule has 0 amide bonds. The number of pyridine rings is 1. The van der Waals surface area contributed by atoms with Gasteiger partial charge in [0.25, 0.3) is 0 Å². The Bertz CT molecular complexity index is 777. The van der Waals surface area contributed by atoms with Gasteiger partial charge < -0.3 is 9.67 Å². The van der Waals surface area contributed by atoms with Crippen LogP contribution >= 0.6 is 11.8 Å². The molecule has 0 atom stereocenters. The number of halogens is 1. The van der Waals surface area contributed by atoms with E-state index in [1.54, 1.807) is 24.7 Å². The molecule has 1 N–H and O–H groups in total. The van der Waals surface area contributed by atoms with E-state index < -0.39 is 0 Å². The second-order valence-corrected chi connectivity index (χ2v) is 5.99. The van der Waals surface area contributed by atoms with Crippen molar-refractivity contribution in [1.82, 2.24) is 14.5 Å². The molecule has 0 saturated carbocycles. The van der Waals surface area contributed by atoms with Crippen LogP contribution < -0.4 is 0 Å². The first-order valence-electron chi connectivity index (χ1n) is 7.17. The number of aromatic nitrogens is 3. The van der Waals surface area contributed by atoms with Crippen molar-refractivity contribution < 1.29 is 9.50 Å². The molecule has 0 aliphatic heterocycles. The molecular weight excluding hydrogens is 313 g/mol. The molecule has 0 aliphatic rings. The van der Waals surface area contributed by atoms with Gasteiger partial charge in [-0.1, -0.05) is 23.9 Å². The summed E-state index contributed by atoms with van der Waals surface area (Å²) in [5, 5.41) is 10.3. The third-order valence-corrected chi connectivity index (χ3v) is 4.47. The van der Waals surface area contributed by atoms with Gasteiger partial charge >= 0.3 is 0 Å². The Kier molecular flexibility index (Phi) is 5.05. The summed E-state index contributed by atoms with van der Waals surface area (Å²) in [6.45, 7) is 0.544. The van der Waals surface area contributed by atoms with Crippen LogP contribution in [0, 0.1) is 5.82 Å². The molecule has 6 heteroatoms. The number of aliphatic hydroxyl groups is 1. The summed E-state index contributed by atoms with van der Waals surface area (Å²) in [6, 6.07) is 10.4. The lowest BCUT2D eigenvalue weighted by Gasteiger charge is -2.10. The van der Waals surface area contributed by atoms with Gasteiger partial charge in [-0.2, -0.15) is 0 Å². The number of hydrogen-bond acceptors (Lipinski definition) is 4. The van der Waals surface area contributed by atoms with Crippen molar-refractivity contribution in [3.8, 4) is 0 Å². The van der Waals surface area contributed by atoms with Gasteiger partial charge in [0.05, 0.1) is 25.0 Å². The minimum absolute atomic E-state index is 0.0708. The predicted octanol–water partition coefficient (Wildman–Crippen LogP) is 3.25. The van der Waals surface area contributed by atoms with E-state index >= 15 is 0 Å². The number of nitrogens with zero attached hydrogens (tertiary/aromatic N) is 3. The zero-order chi connectivity index (χ0) is 16.1. The molecule has 0 radical (unpaired) electrons. The Hall–Kier alpha value is -2.18. The average molecular weight is 329 g/mol. The quantitative estimate of drug-likeness (QED) is 0.705. The second kappa shape index (κ2) is 7.39. The predicted molar refractivity (Wildman–Crippen MR) is 87.4 cm³/mol. The van der Waals surface area contributed by atoms with E-state index in [9.17, 15) is 9.50 Å². The van der Waals surface area contributed by atoms with E-state index in [4.69, 9.17) is 0 Å². The fraction of sp³-hybridized carbons (Fsp3) is 0.176. The molecule has 4 nitrogen and oxygen atoms in total. The van der Waals surface area contributed by atoms with Gasteiger partial charge in [-0.15, -0.1) is 0 Å². The molecule has 2 heterocycles. The summed E-state index contributed by atoms with van der Waals surface area (Å²) in [4.78, 5) is 8.39. The van der Waals surface area contributed by atoms with Crippen molar-refractivity contribution in [2.24, 2.45) is 0 Å². The molecule has 23 heavy (non-hydrogen) atoms. The van der Waals surface area contributed by atoms with Crippen LogP contribution in [0.2, 0.25) is 0 Å². The summed E-state index contributed by atoms with van der Waals surface area (Å²) in [5.41, 5.74) is 2.74. The molecule has 0 spiro atoms. The van der Waals surface area contributed by atoms with Gasteiger partial charge in [-0.3, -0.25) is 4.98 Å². The molecule has 1 aromatic carbocycles. The molecule has 0 bridgehead atoms. The molecule has 3 rings (SSSR count). The first kappa shape index (κ1) is 15.7. The highest BCUT2D eigenvalue weighted by Crippen LogP contribution is 2.24. The van der Waals surface area contributed by atoms with Crippen molar-refractivity contribution in [3.05, 3.63) is 77.6 Å². The zero-order valence-electron chi connectivity index (χ0n) is 12.4. The van der Waals surface area contributed by atoms with Gasteiger partial charge in [0.15, 0.2) is 5.16 Å².